The van der Waals surface area contributed by atoms with Crippen molar-refractivity contribution in [2.45, 2.75) is 285 Å². The molecule has 0 fully saturated rings. The Bertz CT molecular complexity index is 786. The Hall–Kier alpha value is -0.800. The molecule has 0 saturated carbocycles. The number of hydrogen-bond acceptors (Lipinski definition) is 7. The third-order valence-corrected chi connectivity index (χ3v) is 11.4. The summed E-state index contributed by atoms with van der Waals surface area (Å²) < 4.78 is 42.1. The molecular weight excluding hydrogens is 761 g/mol. The maximum atomic E-state index is 6.57. The molecule has 2 atom stereocenters. The molecule has 0 N–H and O–H groups in total. The van der Waals surface area contributed by atoms with E-state index in [4.69, 9.17) is 33.2 Å². The summed E-state index contributed by atoms with van der Waals surface area (Å²) in [5.74, 6) is 0. The number of rotatable bonds is 52. The predicted octanol–water partition coefficient (Wildman–Crippen LogP) is 16.9. The van der Waals surface area contributed by atoms with Gasteiger partial charge in [-0.15, -0.1) is 0 Å². The van der Waals surface area contributed by atoms with Crippen molar-refractivity contribution in [3.63, 3.8) is 0 Å². The van der Waals surface area contributed by atoms with Crippen molar-refractivity contribution in [2.75, 3.05) is 39.6 Å². The van der Waals surface area contributed by atoms with E-state index in [0.717, 1.165) is 78.2 Å². The first-order valence-electron chi connectivity index (χ1n) is 26.8. The van der Waals surface area contributed by atoms with E-state index in [1.807, 2.05) is 27.7 Å². The number of allylic oxidation sites excluding steroid dienone is 2. The van der Waals surface area contributed by atoms with Gasteiger partial charge in [0.15, 0.2) is 25.2 Å². The van der Waals surface area contributed by atoms with E-state index in [9.17, 15) is 0 Å². The zero-order valence-electron chi connectivity index (χ0n) is 41.8. The molecule has 0 aromatic heterocycles. The van der Waals surface area contributed by atoms with Crippen LogP contribution >= 0.6 is 0 Å². The summed E-state index contributed by atoms with van der Waals surface area (Å²) in [4.78, 5) is 0. The Kier molecular flexibility index (Phi) is 51.2. The molecule has 0 spiro atoms. The van der Waals surface area contributed by atoms with Gasteiger partial charge in [0.2, 0.25) is 0 Å². The summed E-state index contributed by atoms with van der Waals surface area (Å²) in [5.41, 5.74) is 0. The normalized spacial score (nSPS) is 13.2. The van der Waals surface area contributed by atoms with E-state index in [0.29, 0.717) is 0 Å². The van der Waals surface area contributed by atoms with Crippen molar-refractivity contribution in [3.05, 3.63) is 24.3 Å². The summed E-state index contributed by atoms with van der Waals surface area (Å²) in [7, 11) is 0. The van der Waals surface area contributed by atoms with E-state index < -0.39 is 0 Å². The summed E-state index contributed by atoms with van der Waals surface area (Å²) in [6.07, 6.45) is 50.7. The van der Waals surface area contributed by atoms with Gasteiger partial charge < -0.3 is 33.2 Å². The molecular formula is C54H106O7. The van der Waals surface area contributed by atoms with Gasteiger partial charge in [-0.25, -0.2) is 0 Å². The van der Waals surface area contributed by atoms with Gasteiger partial charge in [0, 0.05) is 26.4 Å². The van der Waals surface area contributed by atoms with Crippen molar-refractivity contribution < 1.29 is 33.2 Å². The molecule has 2 unspecified atom stereocenters. The average molecular weight is 867 g/mol. The van der Waals surface area contributed by atoms with Gasteiger partial charge in [0.25, 0.3) is 0 Å². The lowest BCUT2D eigenvalue weighted by atomic mass is 10.1. The number of unbranched alkanes of at least 4 members (excludes halogenated alkanes) is 28. The first-order valence-corrected chi connectivity index (χ1v) is 26.8. The van der Waals surface area contributed by atoms with Gasteiger partial charge in [0.1, 0.15) is 0 Å². The van der Waals surface area contributed by atoms with Gasteiger partial charge in [-0.05, 0) is 104 Å². The minimum Gasteiger partial charge on any atom is -0.353 e. The molecule has 0 heterocycles. The van der Waals surface area contributed by atoms with Crippen molar-refractivity contribution in [2.24, 2.45) is 0 Å². The SMILES string of the molecule is CCCCCCCCOC(C=CCCCCCCCCCCCC(OCC)OCC)OC(C=CCCCCCCCCCCCC(OCC)OCC)OCCCCCCCC. The largest absolute Gasteiger partial charge is 0.353 e. The van der Waals surface area contributed by atoms with Crippen LogP contribution in [-0.2, 0) is 33.2 Å². The monoisotopic (exact) mass is 867 g/mol. The van der Waals surface area contributed by atoms with Gasteiger partial charge >= 0.3 is 0 Å². The Labute approximate surface area is 380 Å². The van der Waals surface area contributed by atoms with Crippen LogP contribution in [0.5, 0.6) is 0 Å². The van der Waals surface area contributed by atoms with Crippen LogP contribution in [-0.4, -0.2) is 64.8 Å². The highest BCUT2D eigenvalue weighted by molar-refractivity contribution is 4.90. The molecule has 7 heteroatoms. The lowest BCUT2D eigenvalue weighted by Crippen LogP contribution is -2.25. The fourth-order valence-corrected chi connectivity index (χ4v) is 7.79. The highest BCUT2D eigenvalue weighted by Gasteiger charge is 2.14. The van der Waals surface area contributed by atoms with Crippen molar-refractivity contribution in [1.82, 2.24) is 0 Å². The molecule has 0 bridgehead atoms. The van der Waals surface area contributed by atoms with Gasteiger partial charge in [-0.2, -0.15) is 0 Å². The molecule has 0 saturated heterocycles. The van der Waals surface area contributed by atoms with Crippen LogP contribution in [0.4, 0.5) is 0 Å². The molecule has 364 valence electrons. The van der Waals surface area contributed by atoms with E-state index in [1.165, 1.54) is 180 Å². The van der Waals surface area contributed by atoms with E-state index >= 15 is 0 Å². The van der Waals surface area contributed by atoms with Crippen molar-refractivity contribution in [3.8, 4) is 0 Å². The summed E-state index contributed by atoms with van der Waals surface area (Å²) in [5, 5.41) is 0. The molecule has 0 amide bonds. The lowest BCUT2D eigenvalue weighted by Gasteiger charge is -2.22. The Morgan fingerprint density at radius 1 is 0.295 bits per heavy atom. The lowest BCUT2D eigenvalue weighted by molar-refractivity contribution is -0.208. The van der Waals surface area contributed by atoms with Crippen LogP contribution in [0.15, 0.2) is 24.3 Å². The van der Waals surface area contributed by atoms with Crippen LogP contribution in [0.25, 0.3) is 0 Å². The molecule has 0 radical (unpaired) electrons. The van der Waals surface area contributed by atoms with Gasteiger partial charge in [-0.1, -0.05) is 180 Å². The van der Waals surface area contributed by atoms with Gasteiger partial charge in [0.05, 0.1) is 13.2 Å². The molecule has 0 aromatic carbocycles. The maximum Gasteiger partial charge on any atom is 0.180 e. The minimum absolute atomic E-state index is 0.0158. The van der Waals surface area contributed by atoms with Crippen LogP contribution < -0.4 is 0 Å². The topological polar surface area (TPSA) is 64.6 Å². The summed E-state index contributed by atoms with van der Waals surface area (Å²) >= 11 is 0. The van der Waals surface area contributed by atoms with Crippen LogP contribution in [0, 0.1) is 0 Å². The highest BCUT2D eigenvalue weighted by atomic mass is 16.8. The quantitative estimate of drug-likeness (QED) is 0.0343. The third-order valence-electron chi connectivity index (χ3n) is 11.4. The van der Waals surface area contributed by atoms with E-state index in [-0.39, 0.29) is 25.2 Å². The Balaban J connectivity index is 4.76. The first kappa shape index (κ1) is 60.2. The predicted molar refractivity (Wildman–Crippen MR) is 261 cm³/mol. The van der Waals surface area contributed by atoms with Crippen LogP contribution in [0.3, 0.4) is 0 Å². The van der Waals surface area contributed by atoms with E-state index in [1.54, 1.807) is 0 Å². The molecule has 61 heavy (non-hydrogen) atoms. The number of hydrogen-bond donors (Lipinski definition) is 0. The second kappa shape index (κ2) is 51.8. The second-order valence-electron chi connectivity index (χ2n) is 17.2. The zero-order chi connectivity index (χ0) is 44.4. The second-order valence-corrected chi connectivity index (χ2v) is 17.2. The number of ether oxygens (including phenoxy) is 7. The van der Waals surface area contributed by atoms with Crippen molar-refractivity contribution >= 4 is 0 Å². The minimum atomic E-state index is -0.372. The molecule has 7 nitrogen and oxygen atoms in total. The molecule has 0 aromatic rings. The third kappa shape index (κ3) is 45.6. The highest BCUT2D eigenvalue weighted by Crippen LogP contribution is 2.17. The average Bonchev–Trinajstić information content (AvgIpc) is 3.26. The Morgan fingerprint density at radius 3 is 0.885 bits per heavy atom. The molecule has 0 aliphatic carbocycles. The smallest absolute Gasteiger partial charge is 0.180 e. The standard InChI is InChI=1S/C54H106O7/c1-7-13-15-17-37-43-49-59-53(47-41-35-31-27-23-19-21-25-29-33-39-45-51(55-9-3)56-10-4)61-54(60-50-44-38-18-16-14-8-2)48-42-36-32-28-24-20-22-26-30-34-40-46-52(57-11-5)58-12-6/h41-42,47-48,51-54H,7-40,43-46,49-50H2,1-6H3. The Morgan fingerprint density at radius 2 is 0.574 bits per heavy atom. The van der Waals surface area contributed by atoms with Gasteiger partial charge in [-0.3, -0.25) is 0 Å². The van der Waals surface area contributed by atoms with E-state index in [2.05, 4.69) is 38.2 Å². The molecule has 0 rings (SSSR count). The maximum absolute atomic E-state index is 6.57. The summed E-state index contributed by atoms with van der Waals surface area (Å²) in [6, 6.07) is 0. The fraction of sp³-hybridized carbons (Fsp3) is 0.926. The van der Waals surface area contributed by atoms with Crippen LogP contribution in [0.1, 0.15) is 260 Å². The van der Waals surface area contributed by atoms with Crippen LogP contribution in [0.2, 0.25) is 0 Å². The first-order chi connectivity index (χ1) is 30.1. The molecule has 0 aliphatic heterocycles. The zero-order valence-corrected chi connectivity index (χ0v) is 41.8. The summed E-state index contributed by atoms with van der Waals surface area (Å²) in [6.45, 7) is 17.1. The van der Waals surface area contributed by atoms with Crippen molar-refractivity contribution in [1.29, 1.82) is 0 Å². The fourth-order valence-electron chi connectivity index (χ4n) is 7.79. The molecule has 0 aliphatic rings.